The zero-order chi connectivity index (χ0) is 18.1. The first-order valence-corrected chi connectivity index (χ1v) is 8.36. The molecule has 0 fully saturated rings. The van der Waals surface area contributed by atoms with E-state index in [0.29, 0.717) is 24.5 Å². The summed E-state index contributed by atoms with van der Waals surface area (Å²) in [6, 6.07) is 10.5. The highest BCUT2D eigenvalue weighted by Crippen LogP contribution is 2.23. The van der Waals surface area contributed by atoms with Crippen molar-refractivity contribution in [2.24, 2.45) is 5.41 Å². The highest BCUT2D eigenvalue weighted by Gasteiger charge is 2.18. The van der Waals surface area contributed by atoms with Crippen molar-refractivity contribution >= 4 is 11.8 Å². The fraction of sp³-hybridized carbons (Fsp3) is 0.368. The van der Waals surface area contributed by atoms with Gasteiger partial charge < -0.3 is 10.6 Å². The molecule has 25 heavy (non-hydrogen) atoms. The summed E-state index contributed by atoms with van der Waals surface area (Å²) in [5.41, 5.74) is 0.834. The SMILES string of the molecule is CC(C)(CCNC(=O)c1ccccn1)CCNC(=O)c1ccccn1. The first-order chi connectivity index (χ1) is 12.0. The van der Waals surface area contributed by atoms with Gasteiger partial charge >= 0.3 is 0 Å². The van der Waals surface area contributed by atoms with Gasteiger partial charge in [-0.05, 0) is 42.5 Å². The number of pyridine rings is 2. The van der Waals surface area contributed by atoms with Gasteiger partial charge in [0.25, 0.3) is 11.8 Å². The Morgan fingerprint density at radius 3 is 1.64 bits per heavy atom. The molecular weight excluding hydrogens is 316 g/mol. The van der Waals surface area contributed by atoms with E-state index in [1.165, 1.54) is 0 Å². The Labute approximate surface area is 148 Å². The van der Waals surface area contributed by atoms with Crippen molar-refractivity contribution in [3.05, 3.63) is 60.2 Å². The Kier molecular flexibility index (Phi) is 6.62. The lowest BCUT2D eigenvalue weighted by molar-refractivity contribution is 0.0942. The summed E-state index contributed by atoms with van der Waals surface area (Å²) in [5.74, 6) is -0.334. The van der Waals surface area contributed by atoms with Crippen LogP contribution in [-0.2, 0) is 0 Å². The Morgan fingerprint density at radius 2 is 1.28 bits per heavy atom. The predicted molar refractivity (Wildman–Crippen MR) is 96.2 cm³/mol. The number of carbonyl (C=O) groups is 2. The third-order valence-corrected chi connectivity index (χ3v) is 3.97. The second-order valence-corrected chi connectivity index (χ2v) is 6.61. The van der Waals surface area contributed by atoms with Gasteiger partial charge in [-0.3, -0.25) is 19.6 Å². The van der Waals surface area contributed by atoms with Crippen molar-refractivity contribution in [3.63, 3.8) is 0 Å². The maximum Gasteiger partial charge on any atom is 0.269 e. The largest absolute Gasteiger partial charge is 0.351 e. The highest BCUT2D eigenvalue weighted by molar-refractivity contribution is 5.92. The van der Waals surface area contributed by atoms with Crippen molar-refractivity contribution < 1.29 is 9.59 Å². The van der Waals surface area contributed by atoms with E-state index >= 15 is 0 Å². The maximum atomic E-state index is 12.0. The maximum absolute atomic E-state index is 12.0. The normalized spacial score (nSPS) is 11.0. The van der Waals surface area contributed by atoms with Crippen LogP contribution in [0.4, 0.5) is 0 Å². The van der Waals surface area contributed by atoms with Crippen molar-refractivity contribution in [2.45, 2.75) is 26.7 Å². The van der Waals surface area contributed by atoms with E-state index in [-0.39, 0.29) is 17.2 Å². The summed E-state index contributed by atoms with van der Waals surface area (Å²) in [6.45, 7) is 5.37. The van der Waals surface area contributed by atoms with Crippen LogP contribution < -0.4 is 10.6 Å². The summed E-state index contributed by atoms with van der Waals surface area (Å²) < 4.78 is 0. The molecule has 0 radical (unpaired) electrons. The minimum absolute atomic E-state index is 0.00517. The first-order valence-electron chi connectivity index (χ1n) is 8.36. The molecule has 0 spiro atoms. The predicted octanol–water partition coefficient (Wildman–Crippen LogP) is 2.44. The summed E-state index contributed by atoms with van der Waals surface area (Å²) in [6.07, 6.45) is 4.82. The van der Waals surface area contributed by atoms with Crippen LogP contribution in [0, 0.1) is 5.41 Å². The van der Waals surface area contributed by atoms with Gasteiger partial charge in [-0.1, -0.05) is 26.0 Å². The van der Waals surface area contributed by atoms with Crippen LogP contribution in [-0.4, -0.2) is 34.9 Å². The standard InChI is InChI=1S/C19H24N4O2/c1-19(2,9-13-22-17(24)15-7-3-5-11-20-15)10-14-23-18(25)16-8-4-6-12-21-16/h3-8,11-12H,9-10,13-14H2,1-2H3,(H,22,24)(H,23,25). The fourth-order valence-corrected chi connectivity index (χ4v) is 2.33. The Balaban J connectivity index is 1.69. The Bertz CT molecular complexity index is 628. The molecule has 2 heterocycles. The molecule has 0 aliphatic carbocycles. The van der Waals surface area contributed by atoms with Gasteiger partial charge in [0.05, 0.1) is 0 Å². The van der Waals surface area contributed by atoms with Crippen molar-refractivity contribution in [2.75, 3.05) is 13.1 Å². The van der Waals surface area contributed by atoms with Crippen LogP contribution in [0.15, 0.2) is 48.8 Å². The number of aromatic nitrogens is 2. The smallest absolute Gasteiger partial charge is 0.269 e. The van der Waals surface area contributed by atoms with E-state index < -0.39 is 0 Å². The summed E-state index contributed by atoms with van der Waals surface area (Å²) in [7, 11) is 0. The number of nitrogens with zero attached hydrogens (tertiary/aromatic N) is 2. The Morgan fingerprint density at radius 1 is 0.840 bits per heavy atom. The molecule has 2 aromatic heterocycles. The van der Waals surface area contributed by atoms with Gasteiger partial charge in [0.15, 0.2) is 0 Å². The minimum Gasteiger partial charge on any atom is -0.351 e. The third kappa shape index (κ3) is 6.33. The Hall–Kier alpha value is -2.76. The molecule has 2 rings (SSSR count). The number of carbonyl (C=O) groups excluding carboxylic acids is 2. The van der Waals surface area contributed by atoms with E-state index in [0.717, 1.165) is 12.8 Å². The van der Waals surface area contributed by atoms with Gasteiger partial charge in [0.1, 0.15) is 11.4 Å². The number of hydrogen-bond acceptors (Lipinski definition) is 4. The van der Waals surface area contributed by atoms with Crippen LogP contribution in [0.1, 0.15) is 47.7 Å². The summed E-state index contributed by atoms with van der Waals surface area (Å²) in [5, 5.41) is 5.76. The average Bonchev–Trinajstić information content (AvgIpc) is 2.62. The monoisotopic (exact) mass is 340 g/mol. The van der Waals surface area contributed by atoms with Gasteiger partial charge in [-0.25, -0.2) is 0 Å². The topological polar surface area (TPSA) is 84.0 Å². The molecular formula is C19H24N4O2. The zero-order valence-corrected chi connectivity index (χ0v) is 14.7. The van der Waals surface area contributed by atoms with Crippen molar-refractivity contribution in [3.8, 4) is 0 Å². The number of nitrogens with one attached hydrogen (secondary N) is 2. The molecule has 2 amide bonds. The molecule has 0 bridgehead atoms. The van der Waals surface area contributed by atoms with Crippen LogP contribution in [0.3, 0.4) is 0 Å². The van der Waals surface area contributed by atoms with Crippen molar-refractivity contribution in [1.82, 2.24) is 20.6 Å². The molecule has 0 saturated carbocycles. The number of rotatable bonds is 8. The molecule has 0 atom stereocenters. The lowest BCUT2D eigenvalue weighted by atomic mass is 9.85. The molecule has 2 N–H and O–H groups in total. The molecule has 0 unspecified atom stereocenters. The first kappa shape index (κ1) is 18.6. The highest BCUT2D eigenvalue weighted by atomic mass is 16.2. The van der Waals surface area contributed by atoms with E-state index in [9.17, 15) is 9.59 Å². The van der Waals surface area contributed by atoms with Crippen LogP contribution in [0.2, 0.25) is 0 Å². The molecule has 2 aromatic rings. The lowest BCUT2D eigenvalue weighted by Gasteiger charge is -2.24. The van der Waals surface area contributed by atoms with Crippen LogP contribution >= 0.6 is 0 Å². The molecule has 0 aliphatic rings. The van der Waals surface area contributed by atoms with Crippen LogP contribution in [0.25, 0.3) is 0 Å². The minimum atomic E-state index is -0.167. The second-order valence-electron chi connectivity index (χ2n) is 6.61. The van der Waals surface area contributed by atoms with E-state index in [4.69, 9.17) is 0 Å². The third-order valence-electron chi connectivity index (χ3n) is 3.97. The van der Waals surface area contributed by atoms with Gasteiger partial charge in [-0.15, -0.1) is 0 Å². The summed E-state index contributed by atoms with van der Waals surface area (Å²) >= 11 is 0. The molecule has 6 heteroatoms. The molecule has 0 aromatic carbocycles. The quantitative estimate of drug-likeness (QED) is 0.773. The number of hydrogen-bond donors (Lipinski definition) is 2. The molecule has 0 aliphatic heterocycles. The van der Waals surface area contributed by atoms with Gasteiger partial charge in [0.2, 0.25) is 0 Å². The lowest BCUT2D eigenvalue weighted by Crippen LogP contribution is -2.32. The average molecular weight is 340 g/mol. The van der Waals surface area contributed by atoms with E-state index in [2.05, 4.69) is 34.4 Å². The summed E-state index contributed by atoms with van der Waals surface area (Å²) in [4.78, 5) is 32.0. The molecule has 0 saturated heterocycles. The van der Waals surface area contributed by atoms with E-state index in [1.54, 1.807) is 48.8 Å². The van der Waals surface area contributed by atoms with Crippen molar-refractivity contribution in [1.29, 1.82) is 0 Å². The van der Waals surface area contributed by atoms with E-state index in [1.807, 2.05) is 0 Å². The zero-order valence-electron chi connectivity index (χ0n) is 14.7. The molecule has 132 valence electrons. The second kappa shape index (κ2) is 8.92. The number of amides is 2. The fourth-order valence-electron chi connectivity index (χ4n) is 2.33. The van der Waals surface area contributed by atoms with Gasteiger partial charge in [-0.2, -0.15) is 0 Å². The molecule has 6 nitrogen and oxygen atoms in total. The van der Waals surface area contributed by atoms with Crippen LogP contribution in [0.5, 0.6) is 0 Å². The van der Waals surface area contributed by atoms with Gasteiger partial charge in [0, 0.05) is 25.5 Å².